The average molecular weight is 1890 g/mol. The fraction of sp³-hybridized carbons (Fsp3) is 0.846. The molecule has 4 aliphatic heterocycles. The van der Waals surface area contributed by atoms with Gasteiger partial charge in [-0.2, -0.15) is 0 Å². The Bertz CT molecular complexity index is 3260. The molecule has 29 nitrogen and oxygen atoms in total. The van der Waals surface area contributed by atoms with Crippen molar-refractivity contribution in [1.82, 2.24) is 84.5 Å². The molecular formula is C104H205N17O12. The number of amides is 9. The highest BCUT2D eigenvalue weighted by Crippen LogP contribution is 2.27. The van der Waals surface area contributed by atoms with Crippen molar-refractivity contribution in [3.05, 3.63) is 29.8 Å². The van der Waals surface area contributed by atoms with E-state index in [2.05, 4.69) is 189 Å². The molecule has 3 atom stereocenters. The Morgan fingerprint density at radius 3 is 1.24 bits per heavy atom. The molecule has 0 aromatic heterocycles. The largest absolute Gasteiger partial charge is 0.494 e. The van der Waals surface area contributed by atoms with Crippen LogP contribution in [0.2, 0.25) is 0 Å². The van der Waals surface area contributed by atoms with Gasteiger partial charge < -0.3 is 59.7 Å². The van der Waals surface area contributed by atoms with Crippen molar-refractivity contribution in [3.63, 3.8) is 0 Å². The number of hydrogen-bond acceptors (Lipinski definition) is 20. The van der Waals surface area contributed by atoms with Gasteiger partial charge in [-0.25, -0.2) is 0 Å². The number of Topliss-reactive ketones (excluding diaryl/α,β-unsaturated/α-hetero) is 1. The highest BCUT2D eigenvalue weighted by atomic mass is 16.5. The van der Waals surface area contributed by atoms with Crippen molar-refractivity contribution < 1.29 is 57.4 Å². The zero-order valence-corrected chi connectivity index (χ0v) is 92.1. The van der Waals surface area contributed by atoms with Gasteiger partial charge in [-0.05, 0) is 212 Å². The van der Waals surface area contributed by atoms with Crippen LogP contribution >= 0.6 is 0 Å². The van der Waals surface area contributed by atoms with Crippen LogP contribution in [0.15, 0.2) is 24.3 Å². The SMILES string of the molecule is CC(=O)N1CCC(CCC(C)C)CC1.CC(=O)NC1CCCN(C(=O)CN(C)CC(C)C)C1.CC(C)CC(=O)CN(C)C(=O)CN(C)CC(C)C.CC(C)CN(C)CC(=O)N(C)Cc1ccc(OCCCN(C)C)cc1.CC(C)CN(C)CC(=O)N1CC2CCC(C1)O2.CCN(C)C(=O)CN(C)CC(C)C.CCN(CC(=O)NC(C)(C)C)CC(C)C.CCN(CC(=O)NC)CC(C)C. The average Bonchev–Trinajstić information content (AvgIpc) is 1.19. The van der Waals surface area contributed by atoms with E-state index in [9.17, 15) is 47.9 Å². The van der Waals surface area contributed by atoms with E-state index >= 15 is 0 Å². The van der Waals surface area contributed by atoms with Crippen molar-refractivity contribution in [3.8, 4) is 5.75 Å². The number of hydrogen-bond donors (Lipinski definition) is 3. The summed E-state index contributed by atoms with van der Waals surface area (Å²) in [6.45, 7) is 74.5. The molecule has 29 heteroatoms. The van der Waals surface area contributed by atoms with Gasteiger partial charge in [-0.15, -0.1) is 0 Å². The third-order valence-corrected chi connectivity index (χ3v) is 22.0. The van der Waals surface area contributed by atoms with Crippen LogP contribution in [0.5, 0.6) is 5.75 Å². The number of nitrogens with zero attached hydrogens (tertiary/aromatic N) is 14. The van der Waals surface area contributed by atoms with Gasteiger partial charge in [-0.3, -0.25) is 82.2 Å². The predicted molar refractivity (Wildman–Crippen MR) is 551 cm³/mol. The van der Waals surface area contributed by atoms with Crippen molar-refractivity contribution >= 4 is 58.9 Å². The molecule has 3 N–H and O–H groups in total. The standard InChI is InChI=1S/C20H35N3O2.C14H27N3O2.C14H28N2O2.C13H24N2O2.C12H26N2O.C12H23NO.C10H22N2O.C9H20N2O/c1-17(2)14-22(5)16-20(24)23(6)15-18-8-10-19(11-9-18)25-13-7-12-21(3)4;1-11(2)8-16(4)10-14(19)17-7-5-6-13(9-17)15-12(3)18;1-11(2)7-13(17)9-16(6)14(18)10-15(5)8-12(3)4;1-10(2)6-14(3)9-13(16)15-7-11-4-5-12(8-15)17-11;1-7-14(8-10(2)3)9-11(15)13-12(4,5)6;1-10(2)4-5-12-6-8-13(9-7-12)11(3)14;1-6-12(5)10(13)8-11(4)7-9(2)3;1-5-11(6-8(2)3)7-9(12)10-4/h8-11,17H,7,12-16H2,1-6H3;11,13H,5-10H2,1-4H3,(H,15,18);11-12H,7-10H2,1-6H3;10-12H,4-9H2,1-3H3;10H,7-9H2,1-6H3,(H,13,15);10,12H,4-9H2,1-3H3;9H,6-8H2,1-5H3;8H,5-7H2,1-4H3,(H,10,12). The fourth-order valence-electron chi connectivity index (χ4n) is 15.9. The van der Waals surface area contributed by atoms with Gasteiger partial charge in [0.25, 0.3) is 0 Å². The second-order valence-corrected chi connectivity index (χ2v) is 43.1. The van der Waals surface area contributed by atoms with Crippen molar-refractivity contribution in [1.29, 1.82) is 0 Å². The van der Waals surface area contributed by atoms with Gasteiger partial charge in [0.05, 0.1) is 71.2 Å². The number of piperidine rings is 2. The molecule has 1 aromatic carbocycles. The van der Waals surface area contributed by atoms with Crippen molar-refractivity contribution in [2.24, 2.45) is 59.2 Å². The summed E-state index contributed by atoms with van der Waals surface area (Å²) < 4.78 is 11.5. The Kier molecular flexibility index (Phi) is 72.4. The molecule has 0 radical (unpaired) electrons. The lowest BCUT2D eigenvalue weighted by Gasteiger charge is -2.34. The molecule has 0 aliphatic carbocycles. The van der Waals surface area contributed by atoms with Crippen LogP contribution in [-0.4, -0.2) is 399 Å². The summed E-state index contributed by atoms with van der Waals surface area (Å²) in [5.74, 6) is 8.38. The smallest absolute Gasteiger partial charge is 0.236 e. The molecule has 4 fully saturated rings. The summed E-state index contributed by atoms with van der Waals surface area (Å²) in [6.07, 6.45) is 11.4. The Hall–Kier alpha value is -6.44. The van der Waals surface area contributed by atoms with Crippen LogP contribution < -0.4 is 20.7 Å². The molecule has 133 heavy (non-hydrogen) atoms. The normalized spacial score (nSPS) is 15.6. The number of benzene rings is 1. The fourth-order valence-corrected chi connectivity index (χ4v) is 15.9. The van der Waals surface area contributed by atoms with E-state index in [-0.39, 0.29) is 77.1 Å². The first-order valence-electron chi connectivity index (χ1n) is 50.5. The molecule has 778 valence electrons. The number of ether oxygens (including phenoxy) is 2. The number of rotatable bonds is 46. The molecule has 3 unspecified atom stereocenters. The Morgan fingerprint density at radius 2 is 0.865 bits per heavy atom. The van der Waals surface area contributed by atoms with Crippen LogP contribution in [0.1, 0.15) is 250 Å². The van der Waals surface area contributed by atoms with E-state index < -0.39 is 0 Å². The van der Waals surface area contributed by atoms with E-state index in [0.717, 1.165) is 167 Å². The summed E-state index contributed by atoms with van der Waals surface area (Å²) in [7, 11) is 21.1. The molecule has 2 bridgehead atoms. The molecule has 9 amide bonds. The van der Waals surface area contributed by atoms with E-state index in [0.29, 0.717) is 125 Å². The lowest BCUT2D eigenvalue weighted by molar-refractivity contribution is -0.141. The lowest BCUT2D eigenvalue weighted by Crippen LogP contribution is -2.51. The maximum Gasteiger partial charge on any atom is 0.236 e. The zero-order valence-electron chi connectivity index (χ0n) is 92.1. The predicted octanol–water partition coefficient (Wildman–Crippen LogP) is 12.2. The molecule has 4 heterocycles. The Labute approximate surface area is 813 Å². The summed E-state index contributed by atoms with van der Waals surface area (Å²) in [6, 6.07) is 8.14. The third kappa shape index (κ3) is 73.4. The number of likely N-dealkylation sites (tertiary alicyclic amines) is 3. The quantitative estimate of drug-likeness (QED) is 0.0512. The second kappa shape index (κ2) is 73.7. The first-order chi connectivity index (χ1) is 61.8. The number of fused-ring (bicyclic) bond motifs is 2. The first-order valence-corrected chi connectivity index (χ1v) is 50.5. The van der Waals surface area contributed by atoms with Crippen molar-refractivity contribution in [2.45, 2.75) is 275 Å². The molecule has 0 spiro atoms. The minimum atomic E-state index is -0.131. The van der Waals surface area contributed by atoms with E-state index in [1.807, 2.05) is 135 Å². The van der Waals surface area contributed by atoms with Crippen LogP contribution in [-0.2, 0) is 59.2 Å². The summed E-state index contributed by atoms with van der Waals surface area (Å²) in [4.78, 5) is 144. The molecule has 4 saturated heterocycles. The molecule has 5 rings (SSSR count). The second-order valence-electron chi connectivity index (χ2n) is 43.1. The number of morpholine rings is 1. The van der Waals surface area contributed by atoms with Crippen LogP contribution in [0, 0.1) is 59.2 Å². The van der Waals surface area contributed by atoms with Gasteiger partial charge in [0.15, 0.2) is 5.78 Å². The molecule has 0 saturated carbocycles. The summed E-state index contributed by atoms with van der Waals surface area (Å²) >= 11 is 0. The highest BCUT2D eigenvalue weighted by Gasteiger charge is 2.36. The summed E-state index contributed by atoms with van der Waals surface area (Å²) in [5, 5.41) is 8.50. The number of likely N-dealkylation sites (N-methyl/N-ethyl adjacent to an activating group) is 11. The molecule has 4 aliphatic rings. The minimum absolute atomic E-state index is 0.00950. The molecular weight excluding hydrogens is 1680 g/mol. The summed E-state index contributed by atoms with van der Waals surface area (Å²) in [5.41, 5.74) is 0.983. The van der Waals surface area contributed by atoms with E-state index in [1.54, 1.807) is 30.8 Å². The number of carbonyl (C=O) groups excluding carboxylic acids is 10. The zero-order chi connectivity index (χ0) is 103. The number of carbonyl (C=O) groups is 10. The number of nitrogens with one attached hydrogen (secondary N) is 3. The maximum atomic E-state index is 12.3. The first kappa shape index (κ1) is 131. The minimum Gasteiger partial charge on any atom is -0.494 e. The van der Waals surface area contributed by atoms with E-state index in [4.69, 9.17) is 9.47 Å². The maximum absolute atomic E-state index is 12.3. The third-order valence-electron chi connectivity index (χ3n) is 22.0. The lowest BCUT2D eigenvalue weighted by atomic mass is 9.90. The Balaban J connectivity index is -0.00000147. The van der Waals surface area contributed by atoms with Gasteiger partial charge in [-0.1, -0.05) is 163 Å². The van der Waals surface area contributed by atoms with E-state index in [1.165, 1.54) is 37.5 Å². The highest BCUT2D eigenvalue weighted by molar-refractivity contribution is 5.87. The van der Waals surface area contributed by atoms with Crippen LogP contribution in [0.4, 0.5) is 0 Å². The molecule has 1 aromatic rings. The monoisotopic (exact) mass is 1880 g/mol. The van der Waals surface area contributed by atoms with Crippen molar-refractivity contribution in [2.75, 3.05) is 248 Å². The van der Waals surface area contributed by atoms with Crippen LogP contribution in [0.3, 0.4) is 0 Å². The Morgan fingerprint density at radius 1 is 0.451 bits per heavy atom. The van der Waals surface area contributed by atoms with Gasteiger partial charge in [0.1, 0.15) is 5.75 Å². The van der Waals surface area contributed by atoms with Gasteiger partial charge >= 0.3 is 0 Å². The van der Waals surface area contributed by atoms with Crippen LogP contribution in [0.25, 0.3) is 0 Å². The van der Waals surface area contributed by atoms with Gasteiger partial charge in [0, 0.05) is 165 Å². The number of ketones is 1. The topological polar surface area (TPSA) is 271 Å². The van der Waals surface area contributed by atoms with Gasteiger partial charge in [0.2, 0.25) is 53.2 Å².